The molecule has 1 saturated carbocycles. The Morgan fingerprint density at radius 2 is 2.17 bits per heavy atom. The highest BCUT2D eigenvalue weighted by Crippen LogP contribution is 2.40. The maximum atomic E-state index is 12.4. The molecule has 1 aliphatic heterocycles. The third-order valence-corrected chi connectivity index (χ3v) is 5.63. The van der Waals surface area contributed by atoms with E-state index in [4.69, 9.17) is 0 Å². The Labute approximate surface area is 144 Å². The Kier molecular flexibility index (Phi) is 4.32. The number of hydrogen-bond acceptors (Lipinski definition) is 6. The number of carbonyl (C=O) groups is 1. The molecule has 0 spiro atoms. The number of rotatable bonds is 5. The molecule has 0 atom stereocenters. The highest BCUT2D eigenvalue weighted by molar-refractivity contribution is 7.09. The second kappa shape index (κ2) is 6.60. The molecule has 2 aliphatic rings. The van der Waals surface area contributed by atoms with Gasteiger partial charge in [-0.05, 0) is 45.7 Å². The number of nitrogens with one attached hydrogen (secondary N) is 2. The van der Waals surface area contributed by atoms with Gasteiger partial charge in [-0.15, -0.1) is 16.4 Å². The summed E-state index contributed by atoms with van der Waals surface area (Å²) in [7, 11) is 0. The van der Waals surface area contributed by atoms with E-state index in [0.29, 0.717) is 24.2 Å². The number of piperidine rings is 1. The summed E-state index contributed by atoms with van der Waals surface area (Å²) in [6.45, 7) is 4.35. The van der Waals surface area contributed by atoms with Gasteiger partial charge in [-0.1, -0.05) is 5.21 Å². The lowest BCUT2D eigenvalue weighted by Gasteiger charge is -2.23. The van der Waals surface area contributed by atoms with E-state index in [1.807, 2.05) is 11.6 Å². The summed E-state index contributed by atoms with van der Waals surface area (Å²) >= 11 is 1.61. The first kappa shape index (κ1) is 15.7. The molecule has 2 aromatic rings. The first-order chi connectivity index (χ1) is 11.7. The van der Waals surface area contributed by atoms with Crippen LogP contribution in [0.2, 0.25) is 0 Å². The van der Waals surface area contributed by atoms with Crippen LogP contribution < -0.4 is 10.6 Å². The minimum absolute atomic E-state index is 0.171. The quantitative estimate of drug-likeness (QED) is 0.862. The van der Waals surface area contributed by atoms with E-state index in [1.165, 1.54) is 18.5 Å². The number of thiazole rings is 1. The molecule has 7 nitrogen and oxygen atoms in total. The Morgan fingerprint density at radius 3 is 2.92 bits per heavy atom. The summed E-state index contributed by atoms with van der Waals surface area (Å²) in [4.78, 5) is 17.0. The lowest BCUT2D eigenvalue weighted by atomic mass is 10.1. The van der Waals surface area contributed by atoms with Crippen molar-refractivity contribution >= 4 is 17.2 Å². The van der Waals surface area contributed by atoms with Crippen LogP contribution in [0.15, 0.2) is 5.38 Å². The molecule has 2 N–H and O–H groups in total. The third kappa shape index (κ3) is 3.21. The summed E-state index contributed by atoms with van der Waals surface area (Å²) in [6, 6.07) is 0.334. The average molecular weight is 346 g/mol. The zero-order valence-electron chi connectivity index (χ0n) is 13.8. The van der Waals surface area contributed by atoms with Gasteiger partial charge in [0.15, 0.2) is 5.69 Å². The summed E-state index contributed by atoms with van der Waals surface area (Å²) in [5.74, 6) is 0.480. The molecule has 2 aromatic heterocycles. The molecule has 2 fully saturated rings. The van der Waals surface area contributed by atoms with Crippen molar-refractivity contribution in [1.82, 2.24) is 30.6 Å². The summed E-state index contributed by atoms with van der Waals surface area (Å²) < 4.78 is 1.91. The van der Waals surface area contributed by atoms with Crippen molar-refractivity contribution in [3.8, 4) is 0 Å². The van der Waals surface area contributed by atoms with Gasteiger partial charge in [0.05, 0.1) is 24.0 Å². The van der Waals surface area contributed by atoms with E-state index in [2.05, 4.69) is 31.3 Å². The van der Waals surface area contributed by atoms with Crippen molar-refractivity contribution in [3.63, 3.8) is 0 Å². The molecule has 0 radical (unpaired) electrons. The minimum Gasteiger partial charge on any atom is -0.344 e. The summed E-state index contributed by atoms with van der Waals surface area (Å²) in [6.07, 6.45) is 4.53. The number of carbonyl (C=O) groups excluding carboxylic acids is 1. The van der Waals surface area contributed by atoms with Crippen LogP contribution in [0.4, 0.5) is 0 Å². The molecule has 3 heterocycles. The van der Waals surface area contributed by atoms with Crippen molar-refractivity contribution in [3.05, 3.63) is 27.5 Å². The Balaban J connectivity index is 1.39. The van der Waals surface area contributed by atoms with Gasteiger partial charge in [0, 0.05) is 11.3 Å². The van der Waals surface area contributed by atoms with Crippen molar-refractivity contribution in [2.75, 3.05) is 13.1 Å². The topological polar surface area (TPSA) is 84.7 Å². The van der Waals surface area contributed by atoms with Gasteiger partial charge in [-0.2, -0.15) is 0 Å². The van der Waals surface area contributed by atoms with Crippen LogP contribution in [0.3, 0.4) is 0 Å². The van der Waals surface area contributed by atoms with Crippen LogP contribution in [0, 0.1) is 6.92 Å². The molecule has 1 aliphatic carbocycles. The third-order valence-electron chi connectivity index (χ3n) is 4.76. The maximum Gasteiger partial charge on any atom is 0.274 e. The smallest absolute Gasteiger partial charge is 0.274 e. The molecule has 0 aromatic carbocycles. The van der Waals surface area contributed by atoms with Gasteiger partial charge in [-0.25, -0.2) is 9.67 Å². The van der Waals surface area contributed by atoms with E-state index in [0.717, 1.165) is 36.6 Å². The summed E-state index contributed by atoms with van der Waals surface area (Å²) in [5, 5.41) is 17.7. The van der Waals surface area contributed by atoms with Crippen LogP contribution in [-0.2, 0) is 6.54 Å². The van der Waals surface area contributed by atoms with Crippen molar-refractivity contribution in [1.29, 1.82) is 0 Å². The zero-order chi connectivity index (χ0) is 16.5. The normalized spacial score (nSPS) is 18.7. The number of hydrogen-bond donors (Lipinski definition) is 2. The molecular weight excluding hydrogens is 324 g/mol. The van der Waals surface area contributed by atoms with E-state index in [9.17, 15) is 4.79 Å². The standard InChI is InChI=1S/C16H22N6OS/c1-10-15(20-21-22(10)12-4-6-17-7-5-12)16(23)18-8-14-19-13(9-24-14)11-2-3-11/h9,11-12,17H,2-8H2,1H3,(H,18,23). The maximum absolute atomic E-state index is 12.4. The largest absolute Gasteiger partial charge is 0.344 e. The van der Waals surface area contributed by atoms with Gasteiger partial charge in [0.2, 0.25) is 0 Å². The molecular formula is C16H22N6OS. The molecule has 1 saturated heterocycles. The van der Waals surface area contributed by atoms with E-state index < -0.39 is 0 Å². The Morgan fingerprint density at radius 1 is 1.38 bits per heavy atom. The van der Waals surface area contributed by atoms with Crippen molar-refractivity contribution < 1.29 is 4.79 Å². The fourth-order valence-electron chi connectivity index (χ4n) is 3.16. The fraction of sp³-hybridized carbons (Fsp3) is 0.625. The first-order valence-corrected chi connectivity index (χ1v) is 9.45. The highest BCUT2D eigenvalue weighted by atomic mass is 32.1. The molecule has 0 bridgehead atoms. The fourth-order valence-corrected chi connectivity index (χ4v) is 3.98. The van der Waals surface area contributed by atoms with E-state index in [1.54, 1.807) is 11.3 Å². The number of amides is 1. The second-order valence-electron chi connectivity index (χ2n) is 6.57. The van der Waals surface area contributed by atoms with Gasteiger partial charge in [0.1, 0.15) is 5.01 Å². The average Bonchev–Trinajstić information content (AvgIpc) is 3.22. The lowest BCUT2D eigenvalue weighted by Crippen LogP contribution is -2.30. The van der Waals surface area contributed by atoms with E-state index in [-0.39, 0.29) is 5.91 Å². The minimum atomic E-state index is -0.171. The molecule has 24 heavy (non-hydrogen) atoms. The second-order valence-corrected chi connectivity index (χ2v) is 7.51. The van der Waals surface area contributed by atoms with Crippen LogP contribution in [0.5, 0.6) is 0 Å². The Hall–Kier alpha value is -1.80. The molecule has 1 amide bonds. The number of aromatic nitrogens is 4. The SMILES string of the molecule is Cc1c(C(=O)NCc2nc(C3CC3)cs2)nnn1C1CCNCC1. The van der Waals surface area contributed by atoms with Gasteiger partial charge in [0.25, 0.3) is 5.91 Å². The lowest BCUT2D eigenvalue weighted by molar-refractivity contribution is 0.0945. The van der Waals surface area contributed by atoms with Crippen molar-refractivity contribution in [2.45, 2.75) is 51.1 Å². The number of nitrogens with zero attached hydrogens (tertiary/aromatic N) is 4. The first-order valence-electron chi connectivity index (χ1n) is 8.57. The monoisotopic (exact) mass is 346 g/mol. The molecule has 8 heteroatoms. The van der Waals surface area contributed by atoms with E-state index >= 15 is 0 Å². The van der Waals surface area contributed by atoms with Gasteiger partial charge < -0.3 is 10.6 Å². The predicted molar refractivity (Wildman–Crippen MR) is 91.2 cm³/mol. The van der Waals surface area contributed by atoms with Gasteiger partial charge >= 0.3 is 0 Å². The molecule has 128 valence electrons. The molecule has 0 unspecified atom stereocenters. The van der Waals surface area contributed by atoms with Crippen LogP contribution in [0.25, 0.3) is 0 Å². The van der Waals surface area contributed by atoms with Crippen LogP contribution in [-0.4, -0.2) is 39.0 Å². The van der Waals surface area contributed by atoms with Crippen molar-refractivity contribution in [2.24, 2.45) is 0 Å². The predicted octanol–water partition coefficient (Wildman–Crippen LogP) is 1.77. The zero-order valence-corrected chi connectivity index (χ0v) is 14.6. The molecule has 4 rings (SSSR count). The Bertz CT molecular complexity index is 729. The van der Waals surface area contributed by atoms with Crippen LogP contribution in [0.1, 0.15) is 64.5 Å². The van der Waals surface area contributed by atoms with Gasteiger partial charge in [-0.3, -0.25) is 4.79 Å². The highest BCUT2D eigenvalue weighted by Gasteiger charge is 2.26. The summed E-state index contributed by atoms with van der Waals surface area (Å²) in [5.41, 5.74) is 2.45. The van der Waals surface area contributed by atoms with Crippen LogP contribution >= 0.6 is 11.3 Å².